The molecule has 21 heavy (non-hydrogen) atoms. The molecular formula is C19H22O2. The molecule has 0 aliphatic rings. The average Bonchev–Trinajstić information content (AvgIpc) is 2.49. The van der Waals surface area contributed by atoms with Gasteiger partial charge in [0.1, 0.15) is 5.75 Å². The van der Waals surface area contributed by atoms with Crippen molar-refractivity contribution >= 4 is 5.97 Å². The van der Waals surface area contributed by atoms with Crippen LogP contribution in [0.25, 0.3) is 0 Å². The average molecular weight is 282 g/mol. The maximum absolute atomic E-state index is 12.1. The topological polar surface area (TPSA) is 26.3 Å². The third-order valence-corrected chi connectivity index (χ3v) is 3.49. The first kappa shape index (κ1) is 15.3. The Kier molecular flexibility index (Phi) is 5.15. The molecule has 2 heteroatoms. The highest BCUT2D eigenvalue weighted by atomic mass is 16.5. The summed E-state index contributed by atoms with van der Waals surface area (Å²) in [5.41, 5.74) is 3.06. The molecule has 2 aromatic carbocycles. The van der Waals surface area contributed by atoms with Crippen LogP contribution in [0.1, 0.15) is 54.6 Å². The maximum Gasteiger partial charge on any atom is 0.343 e. The predicted octanol–water partition coefficient (Wildman–Crippen LogP) is 4.98. The molecule has 0 saturated carbocycles. The normalized spacial score (nSPS) is 10.7. The lowest BCUT2D eigenvalue weighted by molar-refractivity contribution is 0.0734. The zero-order valence-electron chi connectivity index (χ0n) is 12.9. The summed E-state index contributed by atoms with van der Waals surface area (Å²) in [5.74, 6) is 0.738. The van der Waals surface area contributed by atoms with Crippen molar-refractivity contribution in [3.63, 3.8) is 0 Å². The summed E-state index contributed by atoms with van der Waals surface area (Å²) >= 11 is 0. The monoisotopic (exact) mass is 282 g/mol. The van der Waals surface area contributed by atoms with Gasteiger partial charge in [0.25, 0.3) is 0 Å². The first-order valence-corrected chi connectivity index (χ1v) is 7.51. The van der Waals surface area contributed by atoms with Gasteiger partial charge in [0.15, 0.2) is 0 Å². The number of carbonyl (C=O) groups excluding carboxylic acids is 1. The number of hydrogen-bond donors (Lipinski definition) is 0. The summed E-state index contributed by atoms with van der Waals surface area (Å²) in [5, 5.41) is 0. The van der Waals surface area contributed by atoms with E-state index in [1.165, 1.54) is 11.1 Å². The second kappa shape index (κ2) is 7.07. The molecule has 110 valence electrons. The minimum Gasteiger partial charge on any atom is -0.423 e. The van der Waals surface area contributed by atoms with Crippen LogP contribution in [0.4, 0.5) is 0 Å². The Balaban J connectivity index is 2.03. The number of benzene rings is 2. The van der Waals surface area contributed by atoms with Crippen molar-refractivity contribution in [1.82, 2.24) is 0 Å². The van der Waals surface area contributed by atoms with Gasteiger partial charge in [0.05, 0.1) is 5.56 Å². The van der Waals surface area contributed by atoms with Crippen LogP contribution in [0.2, 0.25) is 0 Å². The van der Waals surface area contributed by atoms with E-state index in [9.17, 15) is 4.79 Å². The van der Waals surface area contributed by atoms with Gasteiger partial charge >= 0.3 is 5.97 Å². The molecule has 0 aliphatic carbocycles. The number of hydrogen-bond acceptors (Lipinski definition) is 2. The molecule has 0 saturated heterocycles. The summed E-state index contributed by atoms with van der Waals surface area (Å²) in [6.07, 6.45) is 2.16. The standard InChI is InChI=1S/C19H22O2/c1-4-5-15-6-12-18(13-7-15)21-19(20)17-10-8-16(9-11-17)14(2)3/h6-14H,4-5H2,1-3H3. The quantitative estimate of drug-likeness (QED) is 0.571. The molecule has 0 radical (unpaired) electrons. The Morgan fingerprint density at radius 1 is 1.00 bits per heavy atom. The third kappa shape index (κ3) is 4.19. The molecule has 2 nitrogen and oxygen atoms in total. The van der Waals surface area contributed by atoms with Crippen molar-refractivity contribution in [1.29, 1.82) is 0 Å². The molecule has 0 bridgehead atoms. The minimum absolute atomic E-state index is 0.312. The van der Waals surface area contributed by atoms with Crippen molar-refractivity contribution in [2.45, 2.75) is 39.5 Å². The van der Waals surface area contributed by atoms with Crippen molar-refractivity contribution in [3.8, 4) is 5.75 Å². The van der Waals surface area contributed by atoms with Gasteiger partial charge in [-0.25, -0.2) is 4.79 Å². The van der Waals surface area contributed by atoms with E-state index >= 15 is 0 Å². The highest BCUT2D eigenvalue weighted by Crippen LogP contribution is 2.18. The van der Waals surface area contributed by atoms with Gasteiger partial charge in [0, 0.05) is 0 Å². The van der Waals surface area contributed by atoms with E-state index in [1.54, 1.807) is 0 Å². The Morgan fingerprint density at radius 3 is 2.14 bits per heavy atom. The van der Waals surface area contributed by atoms with Crippen LogP contribution >= 0.6 is 0 Å². The molecule has 2 rings (SSSR count). The van der Waals surface area contributed by atoms with E-state index in [2.05, 4.69) is 20.8 Å². The molecule has 0 spiro atoms. The Morgan fingerprint density at radius 2 is 1.62 bits per heavy atom. The van der Waals surface area contributed by atoms with Crippen LogP contribution in [0, 0.1) is 0 Å². The number of aryl methyl sites for hydroxylation is 1. The van der Waals surface area contributed by atoms with Gasteiger partial charge in [-0.3, -0.25) is 0 Å². The Hall–Kier alpha value is -2.09. The third-order valence-electron chi connectivity index (χ3n) is 3.49. The maximum atomic E-state index is 12.1. The van der Waals surface area contributed by atoms with E-state index in [0.29, 0.717) is 17.2 Å². The lowest BCUT2D eigenvalue weighted by Gasteiger charge is -2.08. The Labute approximate surface area is 126 Å². The molecule has 0 fully saturated rings. The van der Waals surface area contributed by atoms with Gasteiger partial charge in [0.2, 0.25) is 0 Å². The first-order valence-electron chi connectivity index (χ1n) is 7.51. The van der Waals surface area contributed by atoms with Crippen LogP contribution in [0.5, 0.6) is 5.75 Å². The van der Waals surface area contributed by atoms with Crippen LogP contribution in [-0.2, 0) is 6.42 Å². The highest BCUT2D eigenvalue weighted by Gasteiger charge is 2.09. The summed E-state index contributed by atoms with van der Waals surface area (Å²) < 4.78 is 5.39. The number of ether oxygens (including phenoxy) is 1. The van der Waals surface area contributed by atoms with Crippen molar-refractivity contribution in [2.24, 2.45) is 0 Å². The van der Waals surface area contributed by atoms with E-state index in [0.717, 1.165) is 12.8 Å². The first-order chi connectivity index (χ1) is 10.1. The van der Waals surface area contributed by atoms with Gasteiger partial charge in [-0.15, -0.1) is 0 Å². The number of rotatable bonds is 5. The molecule has 0 aliphatic heterocycles. The number of carbonyl (C=O) groups is 1. The van der Waals surface area contributed by atoms with Gasteiger partial charge in [-0.1, -0.05) is 51.5 Å². The molecule has 0 aromatic heterocycles. The van der Waals surface area contributed by atoms with E-state index in [1.807, 2.05) is 48.5 Å². The zero-order chi connectivity index (χ0) is 15.2. The molecular weight excluding hydrogens is 260 g/mol. The van der Waals surface area contributed by atoms with E-state index in [-0.39, 0.29) is 5.97 Å². The highest BCUT2D eigenvalue weighted by molar-refractivity contribution is 5.91. The summed E-state index contributed by atoms with van der Waals surface area (Å²) in [6, 6.07) is 15.3. The molecule has 0 unspecified atom stereocenters. The SMILES string of the molecule is CCCc1ccc(OC(=O)c2ccc(C(C)C)cc2)cc1. The van der Waals surface area contributed by atoms with Crippen molar-refractivity contribution in [3.05, 3.63) is 65.2 Å². The van der Waals surface area contributed by atoms with Crippen LogP contribution in [0.3, 0.4) is 0 Å². The summed E-state index contributed by atoms with van der Waals surface area (Å²) in [4.78, 5) is 12.1. The van der Waals surface area contributed by atoms with Gasteiger partial charge in [-0.05, 0) is 47.7 Å². The van der Waals surface area contributed by atoms with Crippen molar-refractivity contribution in [2.75, 3.05) is 0 Å². The smallest absolute Gasteiger partial charge is 0.343 e. The van der Waals surface area contributed by atoms with Crippen LogP contribution in [0.15, 0.2) is 48.5 Å². The molecule has 0 amide bonds. The largest absolute Gasteiger partial charge is 0.423 e. The fraction of sp³-hybridized carbons (Fsp3) is 0.316. The Bertz CT molecular complexity index is 580. The van der Waals surface area contributed by atoms with E-state index in [4.69, 9.17) is 4.74 Å². The zero-order valence-corrected chi connectivity index (χ0v) is 12.9. The summed E-state index contributed by atoms with van der Waals surface area (Å²) in [7, 11) is 0. The molecule has 2 aromatic rings. The number of esters is 1. The fourth-order valence-corrected chi connectivity index (χ4v) is 2.18. The second-order valence-electron chi connectivity index (χ2n) is 5.56. The van der Waals surface area contributed by atoms with E-state index < -0.39 is 0 Å². The lowest BCUT2D eigenvalue weighted by atomic mass is 10.0. The van der Waals surface area contributed by atoms with Crippen molar-refractivity contribution < 1.29 is 9.53 Å². The molecule has 0 atom stereocenters. The van der Waals surface area contributed by atoms with Gasteiger partial charge in [-0.2, -0.15) is 0 Å². The van der Waals surface area contributed by atoms with Crippen LogP contribution < -0.4 is 4.74 Å². The fourth-order valence-electron chi connectivity index (χ4n) is 2.18. The summed E-state index contributed by atoms with van der Waals surface area (Å²) in [6.45, 7) is 6.41. The minimum atomic E-state index is -0.312. The van der Waals surface area contributed by atoms with Crippen LogP contribution in [-0.4, -0.2) is 5.97 Å². The molecule has 0 N–H and O–H groups in total. The van der Waals surface area contributed by atoms with Gasteiger partial charge < -0.3 is 4.74 Å². The molecule has 0 heterocycles. The lowest BCUT2D eigenvalue weighted by Crippen LogP contribution is -2.08. The predicted molar refractivity (Wildman–Crippen MR) is 85.9 cm³/mol. The second-order valence-corrected chi connectivity index (χ2v) is 5.56.